The maximum Gasteiger partial charge on any atom is 0.349 e. The zero-order valence-electron chi connectivity index (χ0n) is 19.8. The largest absolute Gasteiger partial charge is 0.352 e. The van der Waals surface area contributed by atoms with Crippen molar-refractivity contribution in [3.63, 3.8) is 0 Å². The Morgan fingerprint density at radius 1 is 1.06 bits per heavy atom. The van der Waals surface area contributed by atoms with E-state index in [2.05, 4.69) is 10.6 Å². The molecule has 0 spiro atoms. The lowest BCUT2D eigenvalue weighted by Gasteiger charge is -2.33. The van der Waals surface area contributed by atoms with Gasteiger partial charge in [-0.1, -0.05) is 36.4 Å². The van der Waals surface area contributed by atoms with Gasteiger partial charge in [-0.05, 0) is 56.4 Å². The standard InChI is InChI=1S/C26H28F3N3O3/c1-15-4-11-21(22(33)31-15)32-14-17-12-16(5-10-20(17)23(32)34)13-30-24(35)26(28,29)19-8-6-18(7-9-19)25(2,3)27/h5-10,12,15,21H,4,11,13-14H2,1-3H3,(H,30,35)(H,31,33). The summed E-state index contributed by atoms with van der Waals surface area (Å²) in [5.74, 6) is -5.69. The van der Waals surface area contributed by atoms with Crippen molar-refractivity contribution in [3.05, 3.63) is 70.3 Å². The number of rotatable bonds is 6. The Balaban J connectivity index is 1.41. The fraction of sp³-hybridized carbons (Fsp3) is 0.423. The van der Waals surface area contributed by atoms with Crippen LogP contribution in [0.15, 0.2) is 42.5 Å². The van der Waals surface area contributed by atoms with Crippen LogP contribution in [0.3, 0.4) is 0 Å². The highest BCUT2D eigenvalue weighted by atomic mass is 19.3. The third-order valence-electron chi connectivity index (χ3n) is 6.61. The van der Waals surface area contributed by atoms with Crippen molar-refractivity contribution < 1.29 is 27.6 Å². The van der Waals surface area contributed by atoms with E-state index in [1.807, 2.05) is 6.92 Å². The molecule has 2 aromatic rings. The van der Waals surface area contributed by atoms with Gasteiger partial charge in [-0.3, -0.25) is 14.4 Å². The summed E-state index contributed by atoms with van der Waals surface area (Å²) >= 11 is 0. The molecule has 6 nitrogen and oxygen atoms in total. The maximum atomic E-state index is 14.7. The second kappa shape index (κ2) is 9.02. The quantitative estimate of drug-likeness (QED) is 0.648. The normalized spacial score (nSPS) is 20.5. The number of carbonyl (C=O) groups excluding carboxylic acids is 3. The molecular weight excluding hydrogens is 459 g/mol. The number of hydrogen-bond acceptors (Lipinski definition) is 3. The first-order chi connectivity index (χ1) is 16.4. The van der Waals surface area contributed by atoms with Crippen LogP contribution in [0.5, 0.6) is 0 Å². The summed E-state index contributed by atoms with van der Waals surface area (Å²) < 4.78 is 43.3. The molecule has 2 heterocycles. The third kappa shape index (κ3) is 4.90. The fourth-order valence-corrected chi connectivity index (χ4v) is 4.51. The molecule has 0 aliphatic carbocycles. The van der Waals surface area contributed by atoms with Crippen LogP contribution in [-0.2, 0) is 34.3 Å². The first-order valence-corrected chi connectivity index (χ1v) is 11.6. The topological polar surface area (TPSA) is 78.5 Å². The smallest absolute Gasteiger partial charge is 0.349 e. The lowest BCUT2D eigenvalue weighted by molar-refractivity contribution is -0.147. The van der Waals surface area contributed by atoms with E-state index < -0.39 is 29.1 Å². The Kier molecular flexibility index (Phi) is 6.38. The lowest BCUT2D eigenvalue weighted by Crippen LogP contribution is -2.53. The van der Waals surface area contributed by atoms with Crippen LogP contribution in [0.4, 0.5) is 13.2 Å². The van der Waals surface area contributed by atoms with Gasteiger partial charge in [0.25, 0.3) is 11.8 Å². The van der Waals surface area contributed by atoms with Crippen molar-refractivity contribution >= 4 is 17.7 Å². The van der Waals surface area contributed by atoms with Crippen LogP contribution in [0.2, 0.25) is 0 Å². The SMILES string of the molecule is CC1CCC(N2Cc3cc(CNC(=O)C(F)(F)c4ccc(C(C)(C)F)cc4)ccc3C2=O)C(=O)N1. The van der Waals surface area contributed by atoms with Crippen molar-refractivity contribution in [2.24, 2.45) is 0 Å². The molecule has 0 aromatic heterocycles. The second-order valence-corrected chi connectivity index (χ2v) is 9.73. The molecule has 0 saturated carbocycles. The van der Waals surface area contributed by atoms with Gasteiger partial charge in [0.15, 0.2) is 0 Å². The predicted molar refractivity (Wildman–Crippen MR) is 123 cm³/mol. The second-order valence-electron chi connectivity index (χ2n) is 9.73. The Hall–Kier alpha value is -3.36. The summed E-state index contributed by atoms with van der Waals surface area (Å²) in [6.45, 7) is 4.64. The van der Waals surface area contributed by atoms with Gasteiger partial charge in [0.05, 0.1) is 0 Å². The maximum absolute atomic E-state index is 14.7. The molecule has 2 aliphatic heterocycles. The van der Waals surface area contributed by atoms with Crippen molar-refractivity contribution in [2.75, 3.05) is 0 Å². The van der Waals surface area contributed by atoms with Crippen LogP contribution in [0.1, 0.15) is 66.2 Å². The highest BCUT2D eigenvalue weighted by Gasteiger charge is 2.41. The summed E-state index contributed by atoms with van der Waals surface area (Å²) in [5, 5.41) is 5.11. The molecule has 1 fully saturated rings. The molecule has 2 atom stereocenters. The zero-order valence-corrected chi connectivity index (χ0v) is 19.8. The number of fused-ring (bicyclic) bond motifs is 1. The number of hydrogen-bond donors (Lipinski definition) is 2. The van der Waals surface area contributed by atoms with E-state index in [-0.39, 0.29) is 36.5 Å². The number of nitrogens with one attached hydrogen (secondary N) is 2. The molecule has 9 heteroatoms. The Morgan fingerprint density at radius 3 is 2.34 bits per heavy atom. The average molecular weight is 488 g/mol. The van der Waals surface area contributed by atoms with Crippen LogP contribution in [-0.4, -0.2) is 34.7 Å². The molecule has 0 radical (unpaired) electrons. The molecule has 2 aromatic carbocycles. The van der Waals surface area contributed by atoms with Crippen molar-refractivity contribution in [1.82, 2.24) is 15.5 Å². The molecule has 2 N–H and O–H groups in total. The monoisotopic (exact) mass is 487 g/mol. The van der Waals surface area contributed by atoms with E-state index in [0.717, 1.165) is 18.6 Å². The van der Waals surface area contributed by atoms with Crippen LogP contribution >= 0.6 is 0 Å². The Bertz CT molecular complexity index is 1160. The van der Waals surface area contributed by atoms with E-state index in [4.69, 9.17) is 0 Å². The van der Waals surface area contributed by atoms with Crippen LogP contribution in [0, 0.1) is 0 Å². The minimum atomic E-state index is -3.80. The van der Waals surface area contributed by atoms with E-state index in [0.29, 0.717) is 23.1 Å². The number of halogens is 3. The van der Waals surface area contributed by atoms with E-state index in [9.17, 15) is 27.6 Å². The highest BCUT2D eigenvalue weighted by Crippen LogP contribution is 2.32. The van der Waals surface area contributed by atoms with Crippen LogP contribution < -0.4 is 10.6 Å². The summed E-state index contributed by atoms with van der Waals surface area (Å²) in [6.07, 6.45) is 1.35. The minimum Gasteiger partial charge on any atom is -0.352 e. The van der Waals surface area contributed by atoms with Crippen molar-refractivity contribution in [2.45, 2.75) is 70.4 Å². The molecule has 2 aliphatic rings. The molecule has 186 valence electrons. The molecule has 0 bridgehead atoms. The predicted octanol–water partition coefficient (Wildman–Crippen LogP) is 3.92. The van der Waals surface area contributed by atoms with Gasteiger partial charge >= 0.3 is 5.92 Å². The Labute approximate surface area is 201 Å². The minimum absolute atomic E-state index is 0.0700. The number of carbonyl (C=O) groups is 3. The van der Waals surface area contributed by atoms with E-state index >= 15 is 0 Å². The number of amides is 3. The first kappa shape index (κ1) is 24.8. The summed E-state index contributed by atoms with van der Waals surface area (Å²) in [6, 6.07) is 9.00. The number of alkyl halides is 3. The van der Waals surface area contributed by atoms with Crippen molar-refractivity contribution in [1.29, 1.82) is 0 Å². The van der Waals surface area contributed by atoms with Gasteiger partial charge in [-0.2, -0.15) is 8.78 Å². The summed E-state index contributed by atoms with van der Waals surface area (Å²) in [5.41, 5.74) is -0.270. The molecule has 3 amide bonds. The molecule has 2 unspecified atom stereocenters. The van der Waals surface area contributed by atoms with Crippen LogP contribution in [0.25, 0.3) is 0 Å². The van der Waals surface area contributed by atoms with E-state index in [1.54, 1.807) is 18.2 Å². The van der Waals surface area contributed by atoms with Gasteiger partial charge < -0.3 is 15.5 Å². The van der Waals surface area contributed by atoms with Gasteiger partial charge in [0, 0.05) is 30.3 Å². The fourth-order valence-electron chi connectivity index (χ4n) is 4.51. The molecule has 35 heavy (non-hydrogen) atoms. The molecule has 4 rings (SSSR count). The number of nitrogens with zero attached hydrogens (tertiary/aromatic N) is 1. The average Bonchev–Trinajstić information content (AvgIpc) is 3.12. The molecule has 1 saturated heterocycles. The highest BCUT2D eigenvalue weighted by molar-refractivity contribution is 6.01. The lowest BCUT2D eigenvalue weighted by atomic mass is 9.97. The zero-order chi connectivity index (χ0) is 25.5. The van der Waals surface area contributed by atoms with Crippen molar-refractivity contribution in [3.8, 4) is 0 Å². The Morgan fingerprint density at radius 2 is 1.71 bits per heavy atom. The molecular formula is C26H28F3N3O3. The van der Waals surface area contributed by atoms with Gasteiger partial charge in [0.2, 0.25) is 5.91 Å². The van der Waals surface area contributed by atoms with Gasteiger partial charge in [-0.15, -0.1) is 0 Å². The number of benzene rings is 2. The first-order valence-electron chi connectivity index (χ1n) is 11.6. The van der Waals surface area contributed by atoms with Gasteiger partial charge in [0.1, 0.15) is 11.7 Å². The third-order valence-corrected chi connectivity index (χ3v) is 6.61. The summed E-state index contributed by atoms with van der Waals surface area (Å²) in [7, 11) is 0. The van der Waals surface area contributed by atoms with E-state index in [1.165, 1.54) is 30.9 Å². The van der Waals surface area contributed by atoms with Gasteiger partial charge in [-0.25, -0.2) is 4.39 Å². The number of piperidine rings is 1. The summed E-state index contributed by atoms with van der Waals surface area (Å²) in [4.78, 5) is 39.0.